The normalized spacial score (nSPS) is 12.5. The Balaban J connectivity index is 1.66. The Morgan fingerprint density at radius 2 is 2.00 bits per heavy atom. The highest BCUT2D eigenvalue weighted by Crippen LogP contribution is 2.24. The number of rotatable bonds is 7. The first-order valence-electron chi connectivity index (χ1n) is 9.56. The molecule has 0 fully saturated rings. The van der Waals surface area contributed by atoms with Gasteiger partial charge in [0.15, 0.2) is 5.82 Å². The number of carbonyl (C=O) groups is 1. The van der Waals surface area contributed by atoms with Crippen LogP contribution in [0.1, 0.15) is 47.9 Å². The number of nitrogens with one attached hydrogen (secondary N) is 1. The fraction of sp³-hybridized carbons (Fsp3) is 0.350. The third-order valence-electron chi connectivity index (χ3n) is 4.88. The van der Waals surface area contributed by atoms with Gasteiger partial charge >= 0.3 is 0 Å². The molecule has 0 saturated carbocycles. The van der Waals surface area contributed by atoms with E-state index in [1.807, 2.05) is 10.6 Å². The summed E-state index contributed by atoms with van der Waals surface area (Å²) in [5.41, 5.74) is 1.05. The van der Waals surface area contributed by atoms with Gasteiger partial charge in [0.1, 0.15) is 5.82 Å². The predicted octanol–water partition coefficient (Wildman–Crippen LogP) is 2.27. The zero-order valence-electron chi connectivity index (χ0n) is 15.8. The van der Waals surface area contributed by atoms with Crippen LogP contribution in [-0.2, 0) is 19.5 Å². The van der Waals surface area contributed by atoms with Gasteiger partial charge in [-0.3, -0.25) is 14.2 Å². The van der Waals surface area contributed by atoms with Crippen LogP contribution in [0.3, 0.4) is 0 Å². The molecule has 1 N–H and O–H groups in total. The second kappa shape index (κ2) is 7.75. The molecule has 1 aromatic carbocycles. The minimum Gasteiger partial charge on any atom is -0.345 e. The van der Waals surface area contributed by atoms with Crippen molar-refractivity contribution < 1.29 is 4.79 Å². The van der Waals surface area contributed by atoms with Crippen LogP contribution in [-0.4, -0.2) is 31.3 Å². The second-order valence-electron chi connectivity index (χ2n) is 6.78. The number of aryl methyl sites for hydroxylation is 1. The highest BCUT2D eigenvalue weighted by atomic mass is 16.1. The number of hydrogen-bond donors (Lipinski definition) is 1. The summed E-state index contributed by atoms with van der Waals surface area (Å²) in [5, 5.41) is 11.2. The molecule has 1 amide bonds. The molecule has 8 heteroatoms. The molecule has 2 aromatic heterocycles. The van der Waals surface area contributed by atoms with Gasteiger partial charge in [-0.1, -0.05) is 38.0 Å². The SMILES string of the molecule is CCCCCn1c2c(c(=O)n3c(CNC(=O)c4ccccc4)nnc13)CC=N2. The Bertz CT molecular complexity index is 1100. The summed E-state index contributed by atoms with van der Waals surface area (Å²) in [5.74, 6) is 1.36. The molecule has 3 aromatic rings. The minimum atomic E-state index is -0.217. The van der Waals surface area contributed by atoms with E-state index in [4.69, 9.17) is 0 Å². The maximum absolute atomic E-state index is 13.0. The van der Waals surface area contributed by atoms with Gasteiger partial charge in [0.25, 0.3) is 11.5 Å². The number of carbonyl (C=O) groups excluding carboxylic acids is 1. The average Bonchev–Trinajstić information content (AvgIpc) is 3.37. The Morgan fingerprint density at radius 3 is 2.79 bits per heavy atom. The highest BCUT2D eigenvalue weighted by molar-refractivity contribution is 5.94. The van der Waals surface area contributed by atoms with Gasteiger partial charge in [0.2, 0.25) is 5.78 Å². The topological polar surface area (TPSA) is 93.7 Å². The van der Waals surface area contributed by atoms with Crippen molar-refractivity contribution in [1.29, 1.82) is 0 Å². The largest absolute Gasteiger partial charge is 0.345 e. The fourth-order valence-electron chi connectivity index (χ4n) is 3.42. The smallest absolute Gasteiger partial charge is 0.266 e. The molecule has 0 bridgehead atoms. The first kappa shape index (κ1) is 18.1. The zero-order valence-corrected chi connectivity index (χ0v) is 15.8. The predicted molar refractivity (Wildman–Crippen MR) is 106 cm³/mol. The lowest BCUT2D eigenvalue weighted by atomic mass is 10.2. The maximum atomic E-state index is 13.0. The van der Waals surface area contributed by atoms with Crippen LogP contribution >= 0.6 is 0 Å². The van der Waals surface area contributed by atoms with E-state index in [1.54, 1.807) is 30.5 Å². The third-order valence-corrected chi connectivity index (χ3v) is 4.88. The van der Waals surface area contributed by atoms with Crippen molar-refractivity contribution in [3.8, 4) is 0 Å². The highest BCUT2D eigenvalue weighted by Gasteiger charge is 2.22. The molecule has 144 valence electrons. The van der Waals surface area contributed by atoms with E-state index in [0.29, 0.717) is 35.0 Å². The molecule has 0 unspecified atom stereocenters. The quantitative estimate of drug-likeness (QED) is 0.638. The number of aliphatic imine (C=N–C) groups is 1. The Labute approximate surface area is 161 Å². The lowest BCUT2D eigenvalue weighted by molar-refractivity contribution is 0.0949. The van der Waals surface area contributed by atoms with Gasteiger partial charge in [0, 0.05) is 24.7 Å². The summed E-state index contributed by atoms with van der Waals surface area (Å²) in [7, 11) is 0. The van der Waals surface area contributed by atoms with Crippen molar-refractivity contribution in [2.75, 3.05) is 0 Å². The van der Waals surface area contributed by atoms with Crippen molar-refractivity contribution in [2.45, 2.75) is 45.7 Å². The minimum absolute atomic E-state index is 0.124. The first-order chi connectivity index (χ1) is 13.7. The summed E-state index contributed by atoms with van der Waals surface area (Å²) in [4.78, 5) is 29.7. The Kier molecular flexibility index (Phi) is 5.01. The molecule has 3 heterocycles. The summed E-state index contributed by atoms with van der Waals surface area (Å²) in [6.07, 6.45) is 5.43. The van der Waals surface area contributed by atoms with Crippen molar-refractivity contribution in [3.63, 3.8) is 0 Å². The van der Waals surface area contributed by atoms with Crippen LogP contribution < -0.4 is 10.9 Å². The van der Waals surface area contributed by atoms with E-state index >= 15 is 0 Å². The van der Waals surface area contributed by atoms with Crippen LogP contribution in [0.15, 0.2) is 40.1 Å². The van der Waals surface area contributed by atoms with Gasteiger partial charge in [-0.2, -0.15) is 0 Å². The van der Waals surface area contributed by atoms with E-state index in [-0.39, 0.29) is 18.0 Å². The lowest BCUT2D eigenvalue weighted by Crippen LogP contribution is -2.28. The number of nitrogens with zero attached hydrogens (tertiary/aromatic N) is 5. The molecule has 0 atom stereocenters. The van der Waals surface area contributed by atoms with Gasteiger partial charge in [-0.25, -0.2) is 9.39 Å². The molecule has 8 nitrogen and oxygen atoms in total. The van der Waals surface area contributed by atoms with Crippen LogP contribution in [0, 0.1) is 0 Å². The molecular formula is C20H22N6O2. The third kappa shape index (κ3) is 3.21. The average molecular weight is 378 g/mol. The van der Waals surface area contributed by atoms with Crippen molar-refractivity contribution in [1.82, 2.24) is 24.5 Å². The Hall–Kier alpha value is -3.29. The van der Waals surface area contributed by atoms with E-state index in [1.165, 1.54) is 4.40 Å². The second-order valence-corrected chi connectivity index (χ2v) is 6.78. The fourth-order valence-corrected chi connectivity index (χ4v) is 3.42. The number of fused-ring (bicyclic) bond motifs is 2. The van der Waals surface area contributed by atoms with Crippen LogP contribution in [0.5, 0.6) is 0 Å². The molecule has 4 rings (SSSR count). The van der Waals surface area contributed by atoms with E-state index in [0.717, 1.165) is 25.8 Å². The summed E-state index contributed by atoms with van der Waals surface area (Å²) in [6.45, 7) is 3.00. The summed E-state index contributed by atoms with van der Waals surface area (Å²) >= 11 is 0. The first-order valence-corrected chi connectivity index (χ1v) is 9.56. The lowest BCUT2D eigenvalue weighted by Gasteiger charge is -2.12. The van der Waals surface area contributed by atoms with E-state index in [9.17, 15) is 9.59 Å². The molecule has 1 aliphatic rings. The summed E-state index contributed by atoms with van der Waals surface area (Å²) in [6, 6.07) is 8.94. The number of amides is 1. The molecule has 1 aliphatic heterocycles. The number of unbranched alkanes of at least 4 members (excludes halogenated alkanes) is 2. The molecule has 0 spiro atoms. The van der Waals surface area contributed by atoms with Gasteiger partial charge < -0.3 is 5.32 Å². The maximum Gasteiger partial charge on any atom is 0.266 e. The number of aromatic nitrogens is 4. The molecule has 0 aliphatic carbocycles. The zero-order chi connectivity index (χ0) is 19.5. The Morgan fingerprint density at radius 1 is 1.18 bits per heavy atom. The van der Waals surface area contributed by atoms with Crippen molar-refractivity contribution >= 4 is 23.7 Å². The molecular weight excluding hydrogens is 356 g/mol. The monoisotopic (exact) mass is 378 g/mol. The number of benzene rings is 1. The summed E-state index contributed by atoms with van der Waals surface area (Å²) < 4.78 is 3.47. The number of hydrogen-bond acceptors (Lipinski definition) is 5. The van der Waals surface area contributed by atoms with Crippen LogP contribution in [0.25, 0.3) is 5.78 Å². The van der Waals surface area contributed by atoms with Crippen LogP contribution in [0.2, 0.25) is 0 Å². The van der Waals surface area contributed by atoms with Gasteiger partial charge in [0.05, 0.1) is 12.1 Å². The van der Waals surface area contributed by atoms with E-state index < -0.39 is 0 Å². The van der Waals surface area contributed by atoms with Gasteiger partial charge in [-0.15, -0.1) is 10.2 Å². The molecule has 28 heavy (non-hydrogen) atoms. The molecule has 0 saturated heterocycles. The van der Waals surface area contributed by atoms with Crippen molar-refractivity contribution in [3.05, 3.63) is 57.6 Å². The van der Waals surface area contributed by atoms with E-state index in [2.05, 4.69) is 27.4 Å². The van der Waals surface area contributed by atoms with Crippen molar-refractivity contribution in [2.24, 2.45) is 4.99 Å². The standard InChI is InChI=1S/C20H22N6O2/c1-2-3-7-12-25-17-15(10-11-21-17)19(28)26-16(23-24-20(25)26)13-22-18(27)14-8-5-4-6-9-14/h4-6,8-9,11H,2-3,7,10,12-13H2,1H3,(H,22,27). The van der Waals surface area contributed by atoms with Crippen LogP contribution in [0.4, 0.5) is 5.82 Å². The molecule has 0 radical (unpaired) electrons. The van der Waals surface area contributed by atoms with Gasteiger partial charge in [-0.05, 0) is 18.6 Å².